The van der Waals surface area contributed by atoms with Crippen LogP contribution in [0.5, 0.6) is 0 Å². The van der Waals surface area contributed by atoms with Gasteiger partial charge in [-0.05, 0) is 49.6 Å². The summed E-state index contributed by atoms with van der Waals surface area (Å²) < 4.78 is 2.01. The number of rotatable bonds is 8. The third-order valence-corrected chi connectivity index (χ3v) is 6.82. The largest absolute Gasteiger partial charge is 0.378 e. The number of carbonyl (C=O) groups excluding carboxylic acids is 1. The van der Waals surface area contributed by atoms with Crippen molar-refractivity contribution in [1.82, 2.24) is 14.8 Å². The highest BCUT2D eigenvalue weighted by Gasteiger charge is 2.16. The van der Waals surface area contributed by atoms with Crippen molar-refractivity contribution in [2.24, 2.45) is 0 Å². The fraction of sp³-hybridized carbons (Fsp3) is 0.138. The van der Waals surface area contributed by atoms with Gasteiger partial charge in [0.2, 0.25) is 5.91 Å². The molecule has 6 nitrogen and oxygen atoms in total. The van der Waals surface area contributed by atoms with E-state index in [0.29, 0.717) is 11.7 Å². The molecule has 2 N–H and O–H groups in total. The molecule has 0 aliphatic carbocycles. The Morgan fingerprint density at radius 1 is 0.833 bits per heavy atom. The number of fused-ring (bicyclic) bond motifs is 1. The Hall–Kier alpha value is -4.10. The van der Waals surface area contributed by atoms with Crippen LogP contribution in [0.15, 0.2) is 96.2 Å². The number of nitrogens with one attached hydrogen (secondary N) is 2. The quantitative estimate of drug-likeness (QED) is 0.245. The molecule has 0 saturated heterocycles. The Labute approximate surface area is 214 Å². The highest BCUT2D eigenvalue weighted by atomic mass is 32.2. The lowest BCUT2D eigenvalue weighted by atomic mass is 10.1. The minimum atomic E-state index is -0.0888. The van der Waals surface area contributed by atoms with Crippen molar-refractivity contribution in [3.8, 4) is 5.69 Å². The summed E-state index contributed by atoms with van der Waals surface area (Å²) >= 11 is 1.37. The van der Waals surface area contributed by atoms with E-state index in [-0.39, 0.29) is 11.7 Å². The average Bonchev–Trinajstić information content (AvgIpc) is 3.30. The molecule has 0 spiro atoms. The first-order valence-corrected chi connectivity index (χ1v) is 12.8. The van der Waals surface area contributed by atoms with Gasteiger partial charge in [-0.25, -0.2) is 0 Å². The van der Waals surface area contributed by atoms with E-state index >= 15 is 0 Å². The number of amides is 1. The van der Waals surface area contributed by atoms with Crippen molar-refractivity contribution in [2.75, 3.05) is 16.4 Å². The van der Waals surface area contributed by atoms with Crippen LogP contribution < -0.4 is 10.6 Å². The maximum atomic E-state index is 12.9. The first-order valence-electron chi connectivity index (χ1n) is 11.8. The second-order valence-electron chi connectivity index (χ2n) is 8.65. The summed E-state index contributed by atoms with van der Waals surface area (Å²) in [5.74, 6) is 0.907. The highest BCUT2D eigenvalue weighted by Crippen LogP contribution is 2.26. The zero-order valence-corrected chi connectivity index (χ0v) is 21.0. The molecular weight excluding hydrogens is 466 g/mol. The van der Waals surface area contributed by atoms with Gasteiger partial charge in [0.25, 0.3) is 0 Å². The lowest BCUT2D eigenvalue weighted by Crippen LogP contribution is -2.15. The van der Waals surface area contributed by atoms with E-state index in [0.717, 1.165) is 33.7 Å². The Bertz CT molecular complexity index is 1490. The Morgan fingerprint density at radius 3 is 2.31 bits per heavy atom. The SMILES string of the molecule is Cc1ccc(NCc2nnc(SCC(=O)Nc3cccc4ccccc34)n2-c2ccc(C)cc2)cc1. The lowest BCUT2D eigenvalue weighted by Gasteiger charge is -2.12. The number of anilines is 2. The van der Waals surface area contributed by atoms with Gasteiger partial charge >= 0.3 is 0 Å². The molecule has 0 atom stereocenters. The fourth-order valence-corrected chi connectivity index (χ4v) is 4.74. The molecule has 0 fully saturated rings. The Morgan fingerprint density at radius 2 is 1.53 bits per heavy atom. The summed E-state index contributed by atoms with van der Waals surface area (Å²) in [5.41, 5.74) is 5.17. The summed E-state index contributed by atoms with van der Waals surface area (Å²) in [4.78, 5) is 12.9. The first-order chi connectivity index (χ1) is 17.6. The third kappa shape index (κ3) is 5.42. The van der Waals surface area contributed by atoms with Crippen molar-refractivity contribution in [3.63, 3.8) is 0 Å². The van der Waals surface area contributed by atoms with Gasteiger partial charge in [-0.15, -0.1) is 10.2 Å². The number of aryl methyl sites for hydroxylation is 2. The van der Waals surface area contributed by atoms with Crippen LogP contribution >= 0.6 is 11.8 Å². The van der Waals surface area contributed by atoms with E-state index in [4.69, 9.17) is 0 Å². The van der Waals surface area contributed by atoms with Gasteiger partial charge < -0.3 is 10.6 Å². The number of hydrogen-bond donors (Lipinski definition) is 2. The molecule has 1 amide bonds. The molecule has 0 aliphatic heterocycles. The van der Waals surface area contributed by atoms with E-state index in [1.54, 1.807) is 0 Å². The van der Waals surface area contributed by atoms with Gasteiger partial charge in [0.1, 0.15) is 0 Å². The van der Waals surface area contributed by atoms with Crippen molar-refractivity contribution in [2.45, 2.75) is 25.5 Å². The predicted molar refractivity (Wildman–Crippen MR) is 148 cm³/mol. The van der Waals surface area contributed by atoms with Crippen LogP contribution in [0.2, 0.25) is 0 Å². The van der Waals surface area contributed by atoms with Crippen LogP contribution in [0, 0.1) is 13.8 Å². The Kier molecular flexibility index (Phi) is 7.00. The second kappa shape index (κ2) is 10.7. The molecule has 180 valence electrons. The maximum Gasteiger partial charge on any atom is 0.234 e. The molecular formula is C29H27N5OS. The molecule has 0 saturated carbocycles. The van der Waals surface area contributed by atoms with Crippen molar-refractivity contribution in [3.05, 3.63) is 108 Å². The van der Waals surface area contributed by atoms with Crippen molar-refractivity contribution in [1.29, 1.82) is 0 Å². The van der Waals surface area contributed by atoms with Crippen LogP contribution in [0.4, 0.5) is 11.4 Å². The summed E-state index contributed by atoms with van der Waals surface area (Å²) in [7, 11) is 0. The van der Waals surface area contributed by atoms with E-state index < -0.39 is 0 Å². The van der Waals surface area contributed by atoms with E-state index in [9.17, 15) is 4.79 Å². The predicted octanol–water partition coefficient (Wildman–Crippen LogP) is 6.38. The third-order valence-electron chi connectivity index (χ3n) is 5.89. The highest BCUT2D eigenvalue weighted by molar-refractivity contribution is 7.99. The van der Waals surface area contributed by atoms with Gasteiger partial charge in [-0.1, -0.05) is 83.6 Å². The maximum absolute atomic E-state index is 12.9. The first kappa shape index (κ1) is 23.6. The second-order valence-corrected chi connectivity index (χ2v) is 9.60. The summed E-state index contributed by atoms with van der Waals surface area (Å²) in [6, 6.07) is 30.4. The van der Waals surface area contributed by atoms with Gasteiger partial charge in [-0.3, -0.25) is 9.36 Å². The van der Waals surface area contributed by atoms with Gasteiger partial charge in [0, 0.05) is 22.4 Å². The van der Waals surface area contributed by atoms with Crippen LogP contribution in [-0.2, 0) is 11.3 Å². The molecule has 7 heteroatoms. The number of carbonyl (C=O) groups is 1. The molecule has 5 rings (SSSR count). The van der Waals surface area contributed by atoms with Crippen LogP contribution in [0.3, 0.4) is 0 Å². The minimum Gasteiger partial charge on any atom is -0.378 e. The number of hydrogen-bond acceptors (Lipinski definition) is 5. The number of aromatic nitrogens is 3. The Balaban J connectivity index is 1.34. The smallest absolute Gasteiger partial charge is 0.234 e. The minimum absolute atomic E-state index is 0.0888. The summed E-state index contributed by atoms with van der Waals surface area (Å²) in [6.45, 7) is 4.63. The topological polar surface area (TPSA) is 71.8 Å². The van der Waals surface area contributed by atoms with Gasteiger partial charge in [0.05, 0.1) is 12.3 Å². The van der Waals surface area contributed by atoms with Crippen LogP contribution in [-0.4, -0.2) is 26.4 Å². The lowest BCUT2D eigenvalue weighted by molar-refractivity contribution is -0.113. The van der Waals surface area contributed by atoms with Crippen LogP contribution in [0.1, 0.15) is 17.0 Å². The van der Waals surface area contributed by atoms with E-state index in [1.165, 1.54) is 22.9 Å². The molecule has 0 bridgehead atoms. The molecule has 0 unspecified atom stereocenters. The number of thioether (sulfide) groups is 1. The molecule has 0 aliphatic rings. The monoisotopic (exact) mass is 493 g/mol. The molecule has 36 heavy (non-hydrogen) atoms. The summed E-state index contributed by atoms with van der Waals surface area (Å²) in [5, 5.41) is 18.1. The molecule has 0 radical (unpaired) electrons. The average molecular weight is 494 g/mol. The molecule has 1 heterocycles. The number of nitrogens with zero attached hydrogens (tertiary/aromatic N) is 3. The number of benzene rings is 4. The van der Waals surface area contributed by atoms with E-state index in [2.05, 4.69) is 71.1 Å². The molecule has 1 aromatic heterocycles. The van der Waals surface area contributed by atoms with Gasteiger partial charge in [0.15, 0.2) is 11.0 Å². The molecule has 5 aromatic rings. The zero-order chi connectivity index (χ0) is 24.9. The summed E-state index contributed by atoms with van der Waals surface area (Å²) in [6.07, 6.45) is 0. The fourth-order valence-electron chi connectivity index (χ4n) is 3.96. The normalized spacial score (nSPS) is 10.9. The van der Waals surface area contributed by atoms with Crippen molar-refractivity contribution < 1.29 is 4.79 Å². The van der Waals surface area contributed by atoms with Crippen molar-refractivity contribution >= 4 is 39.8 Å². The van der Waals surface area contributed by atoms with E-state index in [1.807, 2.05) is 59.2 Å². The molecule has 4 aromatic carbocycles. The standard InChI is InChI=1S/C29H27N5OS/c1-20-10-14-23(15-11-20)30-18-27-32-33-29(34(27)24-16-12-21(2)13-17-24)36-19-28(35)31-26-9-5-7-22-6-3-4-8-25(22)26/h3-17,30H,18-19H2,1-2H3,(H,31,35). The zero-order valence-electron chi connectivity index (χ0n) is 20.2. The van der Waals surface area contributed by atoms with Gasteiger partial charge in [-0.2, -0.15) is 0 Å². The van der Waals surface area contributed by atoms with Crippen LogP contribution in [0.25, 0.3) is 16.5 Å².